The summed E-state index contributed by atoms with van der Waals surface area (Å²) in [6, 6.07) is 5.06. The van der Waals surface area contributed by atoms with Gasteiger partial charge < -0.3 is 16.0 Å². The van der Waals surface area contributed by atoms with Gasteiger partial charge in [0.2, 0.25) is 11.8 Å². The minimum atomic E-state index is -0.578. The Labute approximate surface area is 146 Å². The van der Waals surface area contributed by atoms with Gasteiger partial charge in [-0.2, -0.15) is 0 Å². The van der Waals surface area contributed by atoms with E-state index in [0.717, 1.165) is 11.1 Å². The van der Waals surface area contributed by atoms with Crippen molar-refractivity contribution >= 4 is 17.7 Å². The molecule has 4 N–H and O–H groups in total. The average molecular weight is 342 g/mol. The van der Waals surface area contributed by atoms with Gasteiger partial charge in [-0.25, -0.2) is 0 Å². The summed E-state index contributed by atoms with van der Waals surface area (Å²) in [5.74, 6) is -0.806. The fraction of sp³-hybridized carbons (Fsp3) is 0.389. The first-order valence-corrected chi connectivity index (χ1v) is 8.43. The fourth-order valence-electron chi connectivity index (χ4n) is 3.29. The predicted octanol–water partition coefficient (Wildman–Crippen LogP) is 0.0521. The molecule has 0 aliphatic carbocycles. The van der Waals surface area contributed by atoms with Crippen LogP contribution in [0.1, 0.15) is 34.3 Å². The van der Waals surface area contributed by atoms with Gasteiger partial charge in [-0.15, -0.1) is 0 Å². The van der Waals surface area contributed by atoms with E-state index in [-0.39, 0.29) is 24.1 Å². The molecule has 1 unspecified atom stereocenters. The van der Waals surface area contributed by atoms with Gasteiger partial charge in [0.1, 0.15) is 6.04 Å². The Morgan fingerprint density at radius 2 is 2.12 bits per heavy atom. The lowest BCUT2D eigenvalue weighted by Gasteiger charge is -2.29. The molecule has 1 aromatic carbocycles. The molecule has 0 radical (unpaired) electrons. The number of nitrogens with one attached hydrogen (secondary N) is 2. The number of hydrogen-bond donors (Lipinski definition) is 3. The van der Waals surface area contributed by atoms with Gasteiger partial charge >= 0.3 is 0 Å². The fourth-order valence-corrected chi connectivity index (χ4v) is 3.29. The third kappa shape index (κ3) is 3.62. The summed E-state index contributed by atoms with van der Waals surface area (Å²) >= 11 is 0. The van der Waals surface area contributed by atoms with Crippen molar-refractivity contribution in [2.24, 2.45) is 5.73 Å². The van der Waals surface area contributed by atoms with Crippen LogP contribution in [0.15, 0.2) is 30.4 Å². The topological polar surface area (TPSA) is 105 Å². The van der Waals surface area contributed by atoms with Gasteiger partial charge in [-0.1, -0.05) is 24.3 Å². The van der Waals surface area contributed by atoms with Crippen molar-refractivity contribution in [1.82, 2.24) is 15.5 Å². The van der Waals surface area contributed by atoms with Crippen molar-refractivity contribution in [2.75, 3.05) is 13.1 Å². The number of piperidine rings is 1. The van der Waals surface area contributed by atoms with Gasteiger partial charge in [0.15, 0.2) is 0 Å². The maximum atomic E-state index is 12.7. The highest BCUT2D eigenvalue weighted by Gasteiger charge is 2.39. The van der Waals surface area contributed by atoms with Crippen molar-refractivity contribution in [1.29, 1.82) is 0 Å². The second-order valence-electron chi connectivity index (χ2n) is 6.18. The van der Waals surface area contributed by atoms with Crippen LogP contribution in [0.25, 0.3) is 0 Å². The molecule has 2 aliphatic heterocycles. The van der Waals surface area contributed by atoms with E-state index >= 15 is 0 Å². The zero-order valence-corrected chi connectivity index (χ0v) is 14.0. The Morgan fingerprint density at radius 1 is 1.28 bits per heavy atom. The molecule has 1 saturated heterocycles. The van der Waals surface area contributed by atoms with E-state index in [1.807, 2.05) is 24.3 Å². The number of carbonyl (C=O) groups excluding carboxylic acids is 3. The van der Waals surface area contributed by atoms with Crippen molar-refractivity contribution in [2.45, 2.75) is 32.0 Å². The van der Waals surface area contributed by atoms with Crippen LogP contribution in [-0.2, 0) is 22.7 Å². The number of fused-ring (bicyclic) bond motifs is 1. The molecule has 1 atom stereocenters. The summed E-state index contributed by atoms with van der Waals surface area (Å²) in [6.07, 6.45) is 4.49. The summed E-state index contributed by atoms with van der Waals surface area (Å²) in [5.41, 5.74) is 8.04. The summed E-state index contributed by atoms with van der Waals surface area (Å²) in [5, 5.41) is 5.61. The molecule has 2 aliphatic rings. The number of imide groups is 1. The zero-order chi connectivity index (χ0) is 17.8. The second kappa shape index (κ2) is 7.58. The van der Waals surface area contributed by atoms with E-state index in [1.165, 1.54) is 0 Å². The van der Waals surface area contributed by atoms with Crippen LogP contribution in [0.4, 0.5) is 0 Å². The van der Waals surface area contributed by atoms with Gasteiger partial charge in [0.25, 0.3) is 5.91 Å². The molecule has 2 heterocycles. The highest BCUT2D eigenvalue weighted by atomic mass is 16.2. The number of nitrogens with two attached hydrogens (primary N) is 1. The van der Waals surface area contributed by atoms with Crippen LogP contribution in [0, 0.1) is 0 Å². The standard InChI is InChI=1S/C18H22N4O3/c19-8-1-2-9-20-10-12-4-3-5-13-14(12)11-22(18(13)25)15-6-7-16(23)21-17(15)24/h1-5,15,20H,6-11,19H2,(H,21,23,24)/b2-1-. The van der Waals surface area contributed by atoms with E-state index in [2.05, 4.69) is 10.6 Å². The van der Waals surface area contributed by atoms with Crippen LogP contribution >= 0.6 is 0 Å². The number of carbonyl (C=O) groups is 3. The van der Waals surface area contributed by atoms with E-state index < -0.39 is 6.04 Å². The Morgan fingerprint density at radius 3 is 2.88 bits per heavy atom. The lowest BCUT2D eigenvalue weighted by molar-refractivity contribution is -0.136. The summed E-state index contributed by atoms with van der Waals surface area (Å²) in [7, 11) is 0. The minimum Gasteiger partial charge on any atom is -0.327 e. The molecule has 3 amide bonds. The number of hydrogen-bond acceptors (Lipinski definition) is 5. The molecule has 7 nitrogen and oxygen atoms in total. The molecular weight excluding hydrogens is 320 g/mol. The zero-order valence-electron chi connectivity index (χ0n) is 14.0. The Balaban J connectivity index is 1.72. The van der Waals surface area contributed by atoms with Gasteiger partial charge in [-0.3, -0.25) is 19.7 Å². The molecule has 0 bridgehead atoms. The van der Waals surface area contributed by atoms with Crippen LogP contribution < -0.4 is 16.4 Å². The highest BCUT2D eigenvalue weighted by molar-refractivity contribution is 6.05. The van der Waals surface area contributed by atoms with Gasteiger partial charge in [0, 0.05) is 38.2 Å². The van der Waals surface area contributed by atoms with Crippen LogP contribution in [0.2, 0.25) is 0 Å². The first kappa shape index (κ1) is 17.3. The monoisotopic (exact) mass is 342 g/mol. The maximum Gasteiger partial charge on any atom is 0.255 e. The lowest BCUT2D eigenvalue weighted by Crippen LogP contribution is -2.52. The third-order valence-electron chi connectivity index (χ3n) is 4.56. The SMILES string of the molecule is NC/C=C\CNCc1cccc2c1CN(C1CCC(=O)NC1=O)C2=O. The smallest absolute Gasteiger partial charge is 0.255 e. The minimum absolute atomic E-state index is 0.144. The van der Waals surface area contributed by atoms with Crippen molar-refractivity contribution in [3.05, 3.63) is 47.0 Å². The van der Waals surface area contributed by atoms with Crippen molar-refractivity contribution in [3.8, 4) is 0 Å². The van der Waals surface area contributed by atoms with Crippen LogP contribution in [-0.4, -0.2) is 41.8 Å². The molecule has 1 fully saturated rings. The van der Waals surface area contributed by atoms with Crippen LogP contribution in [0.3, 0.4) is 0 Å². The first-order chi connectivity index (χ1) is 12.1. The maximum absolute atomic E-state index is 12.7. The number of benzene rings is 1. The highest BCUT2D eigenvalue weighted by Crippen LogP contribution is 2.29. The molecule has 0 aromatic heterocycles. The number of nitrogens with zero attached hydrogens (tertiary/aromatic N) is 1. The van der Waals surface area contributed by atoms with Crippen molar-refractivity contribution in [3.63, 3.8) is 0 Å². The quantitative estimate of drug-likeness (QED) is 0.385. The predicted molar refractivity (Wildman–Crippen MR) is 92.4 cm³/mol. The molecule has 0 spiro atoms. The van der Waals surface area contributed by atoms with E-state index in [1.54, 1.807) is 11.0 Å². The number of amides is 3. The Kier molecular flexibility index (Phi) is 5.25. The molecule has 3 rings (SSSR count). The van der Waals surface area contributed by atoms with E-state index in [4.69, 9.17) is 5.73 Å². The molecule has 132 valence electrons. The molecular formula is C18H22N4O3. The summed E-state index contributed by atoms with van der Waals surface area (Å²) in [4.78, 5) is 37.7. The largest absolute Gasteiger partial charge is 0.327 e. The Hall–Kier alpha value is -2.51. The molecule has 25 heavy (non-hydrogen) atoms. The number of rotatable bonds is 6. The van der Waals surface area contributed by atoms with E-state index in [9.17, 15) is 14.4 Å². The van der Waals surface area contributed by atoms with Gasteiger partial charge in [0.05, 0.1) is 0 Å². The van der Waals surface area contributed by atoms with E-state index in [0.29, 0.717) is 38.2 Å². The lowest BCUT2D eigenvalue weighted by atomic mass is 10.0. The first-order valence-electron chi connectivity index (χ1n) is 8.43. The average Bonchev–Trinajstić information content (AvgIpc) is 2.92. The van der Waals surface area contributed by atoms with Crippen LogP contribution in [0.5, 0.6) is 0 Å². The van der Waals surface area contributed by atoms with Gasteiger partial charge in [-0.05, 0) is 23.6 Å². The second-order valence-corrected chi connectivity index (χ2v) is 6.18. The van der Waals surface area contributed by atoms with Crippen molar-refractivity contribution < 1.29 is 14.4 Å². The molecule has 7 heteroatoms. The molecule has 1 aromatic rings. The Bertz CT molecular complexity index is 729. The summed E-state index contributed by atoms with van der Waals surface area (Å²) < 4.78 is 0. The normalized spacial score (nSPS) is 20.3. The summed E-state index contributed by atoms with van der Waals surface area (Å²) in [6.45, 7) is 2.25. The molecule has 0 saturated carbocycles. The third-order valence-corrected chi connectivity index (χ3v) is 4.56.